The normalized spacial score (nSPS) is 23.8. The van der Waals surface area contributed by atoms with E-state index in [2.05, 4.69) is 33.3 Å². The second-order valence-electron chi connectivity index (χ2n) is 6.16. The van der Waals surface area contributed by atoms with E-state index in [1.165, 1.54) is 50.3 Å². The lowest BCUT2D eigenvalue weighted by Crippen LogP contribution is -2.44. The minimum atomic E-state index is 0.508. The van der Waals surface area contributed by atoms with Crippen LogP contribution in [0.15, 0.2) is 6.20 Å². The van der Waals surface area contributed by atoms with E-state index in [9.17, 15) is 0 Å². The molecular formula is C15H26N4. The molecule has 1 saturated carbocycles. The van der Waals surface area contributed by atoms with Crippen LogP contribution in [0.5, 0.6) is 0 Å². The maximum Gasteiger partial charge on any atom is 0.110 e. The van der Waals surface area contributed by atoms with Gasteiger partial charge in [-0.2, -0.15) is 0 Å². The highest BCUT2D eigenvalue weighted by molar-refractivity contribution is 5.11. The Kier molecular flexibility index (Phi) is 4.18. The van der Waals surface area contributed by atoms with Crippen LogP contribution in [0.1, 0.15) is 56.0 Å². The first-order valence-corrected chi connectivity index (χ1v) is 7.81. The van der Waals surface area contributed by atoms with Gasteiger partial charge in [-0.25, -0.2) is 4.98 Å². The number of hydrogen-bond donors (Lipinski definition) is 2. The molecule has 4 heteroatoms. The molecule has 1 aromatic heterocycles. The van der Waals surface area contributed by atoms with Gasteiger partial charge in [0, 0.05) is 56.5 Å². The largest absolute Gasteiger partial charge is 0.345 e. The highest BCUT2D eigenvalue weighted by atomic mass is 15.2. The molecule has 1 aliphatic carbocycles. The van der Waals surface area contributed by atoms with E-state index in [1.807, 2.05) is 0 Å². The molecule has 1 unspecified atom stereocenters. The maximum atomic E-state index is 4.63. The van der Waals surface area contributed by atoms with Crippen LogP contribution in [0.2, 0.25) is 0 Å². The van der Waals surface area contributed by atoms with Gasteiger partial charge in [0.25, 0.3) is 0 Å². The van der Waals surface area contributed by atoms with Crippen LogP contribution in [-0.4, -0.2) is 47.6 Å². The van der Waals surface area contributed by atoms with Crippen molar-refractivity contribution in [3.05, 3.63) is 17.7 Å². The summed E-state index contributed by atoms with van der Waals surface area (Å²) in [5.74, 6) is 2.43. The summed E-state index contributed by atoms with van der Waals surface area (Å²) in [6, 6.07) is 0. The summed E-state index contributed by atoms with van der Waals surface area (Å²) < 4.78 is 0. The van der Waals surface area contributed by atoms with Crippen LogP contribution in [-0.2, 0) is 0 Å². The van der Waals surface area contributed by atoms with Crippen LogP contribution in [0, 0.1) is 0 Å². The second-order valence-corrected chi connectivity index (χ2v) is 6.16. The molecule has 19 heavy (non-hydrogen) atoms. The van der Waals surface area contributed by atoms with Gasteiger partial charge < -0.3 is 15.2 Å². The summed E-state index contributed by atoms with van der Waals surface area (Å²) in [4.78, 5) is 10.8. The zero-order valence-electron chi connectivity index (χ0n) is 12.0. The highest BCUT2D eigenvalue weighted by Crippen LogP contribution is 2.33. The zero-order chi connectivity index (χ0) is 13.1. The average Bonchev–Trinajstić information content (AvgIpc) is 3.11. The fourth-order valence-electron chi connectivity index (χ4n) is 3.41. The van der Waals surface area contributed by atoms with E-state index in [4.69, 9.17) is 0 Å². The molecule has 0 bridgehead atoms. The first kappa shape index (κ1) is 13.1. The molecule has 0 radical (unpaired) electrons. The van der Waals surface area contributed by atoms with Gasteiger partial charge >= 0.3 is 0 Å². The monoisotopic (exact) mass is 262 g/mol. The van der Waals surface area contributed by atoms with Gasteiger partial charge in [0.15, 0.2) is 0 Å². The van der Waals surface area contributed by atoms with Crippen molar-refractivity contribution < 1.29 is 0 Å². The van der Waals surface area contributed by atoms with Gasteiger partial charge in [-0.15, -0.1) is 0 Å². The van der Waals surface area contributed by atoms with Crippen molar-refractivity contribution in [3.63, 3.8) is 0 Å². The molecule has 1 aliphatic heterocycles. The van der Waals surface area contributed by atoms with Crippen molar-refractivity contribution in [1.82, 2.24) is 20.2 Å². The Labute approximate surface area is 116 Å². The zero-order valence-corrected chi connectivity index (χ0v) is 12.0. The number of nitrogens with zero attached hydrogens (tertiary/aromatic N) is 2. The van der Waals surface area contributed by atoms with Crippen molar-refractivity contribution >= 4 is 0 Å². The number of aromatic nitrogens is 2. The number of hydrogen-bond acceptors (Lipinski definition) is 3. The minimum absolute atomic E-state index is 0.508. The molecule has 2 aliphatic rings. The lowest BCUT2D eigenvalue weighted by atomic mass is 10.1. The van der Waals surface area contributed by atoms with Gasteiger partial charge in [0.1, 0.15) is 5.82 Å². The lowest BCUT2D eigenvalue weighted by Gasteiger charge is -2.29. The molecule has 2 heterocycles. The van der Waals surface area contributed by atoms with E-state index in [-0.39, 0.29) is 0 Å². The molecule has 4 nitrogen and oxygen atoms in total. The summed E-state index contributed by atoms with van der Waals surface area (Å²) in [5, 5.41) is 3.40. The summed E-state index contributed by atoms with van der Waals surface area (Å²) >= 11 is 0. The van der Waals surface area contributed by atoms with Crippen molar-refractivity contribution in [2.24, 2.45) is 0 Å². The molecule has 0 aromatic carbocycles. The fourth-order valence-corrected chi connectivity index (χ4v) is 3.41. The quantitative estimate of drug-likeness (QED) is 0.873. The van der Waals surface area contributed by atoms with Crippen molar-refractivity contribution in [2.45, 2.75) is 44.4 Å². The molecule has 1 saturated heterocycles. The highest BCUT2D eigenvalue weighted by Gasteiger charge is 2.21. The van der Waals surface area contributed by atoms with E-state index in [0.717, 1.165) is 25.6 Å². The van der Waals surface area contributed by atoms with Crippen LogP contribution in [0.25, 0.3) is 0 Å². The van der Waals surface area contributed by atoms with Gasteiger partial charge in [-0.05, 0) is 12.8 Å². The number of H-pyrrole nitrogens is 1. The van der Waals surface area contributed by atoms with Crippen molar-refractivity contribution in [3.8, 4) is 0 Å². The Morgan fingerprint density at radius 1 is 1.32 bits per heavy atom. The third-order valence-corrected chi connectivity index (χ3v) is 4.62. The Morgan fingerprint density at radius 2 is 2.05 bits per heavy atom. The molecule has 106 valence electrons. The van der Waals surface area contributed by atoms with Crippen molar-refractivity contribution in [1.29, 1.82) is 0 Å². The first-order chi connectivity index (χ1) is 9.33. The number of nitrogens with one attached hydrogen (secondary N) is 2. The van der Waals surface area contributed by atoms with E-state index in [0.29, 0.717) is 5.92 Å². The maximum absolute atomic E-state index is 4.63. The third kappa shape index (κ3) is 3.18. The molecular weight excluding hydrogens is 236 g/mol. The van der Waals surface area contributed by atoms with Crippen LogP contribution in [0.3, 0.4) is 0 Å². The first-order valence-electron chi connectivity index (χ1n) is 7.81. The SMILES string of the molecule is CC(CN1CCNCC1)c1ncc(C2CCCC2)[nH]1. The van der Waals surface area contributed by atoms with Crippen LogP contribution >= 0.6 is 0 Å². The fraction of sp³-hybridized carbons (Fsp3) is 0.800. The number of aromatic amines is 1. The lowest BCUT2D eigenvalue weighted by molar-refractivity contribution is 0.228. The van der Waals surface area contributed by atoms with E-state index < -0.39 is 0 Å². The Morgan fingerprint density at radius 3 is 2.79 bits per heavy atom. The summed E-state index contributed by atoms with van der Waals surface area (Å²) in [7, 11) is 0. The molecule has 2 fully saturated rings. The summed E-state index contributed by atoms with van der Waals surface area (Å²) in [6.45, 7) is 8.00. The Bertz CT molecular complexity index is 389. The predicted octanol–water partition coefficient (Wildman–Crippen LogP) is 2.08. The topological polar surface area (TPSA) is 44.0 Å². The van der Waals surface area contributed by atoms with Gasteiger partial charge in [-0.3, -0.25) is 0 Å². The molecule has 1 atom stereocenters. The Balaban J connectivity index is 1.58. The van der Waals surface area contributed by atoms with E-state index >= 15 is 0 Å². The molecule has 3 rings (SSSR count). The summed E-state index contributed by atoms with van der Waals surface area (Å²) in [6.07, 6.45) is 7.53. The predicted molar refractivity (Wildman–Crippen MR) is 77.5 cm³/mol. The van der Waals surface area contributed by atoms with Gasteiger partial charge in [-0.1, -0.05) is 19.8 Å². The summed E-state index contributed by atoms with van der Waals surface area (Å²) in [5.41, 5.74) is 1.37. The number of imidazole rings is 1. The number of rotatable bonds is 4. The van der Waals surface area contributed by atoms with Gasteiger partial charge in [0.2, 0.25) is 0 Å². The minimum Gasteiger partial charge on any atom is -0.345 e. The van der Waals surface area contributed by atoms with Gasteiger partial charge in [0.05, 0.1) is 0 Å². The van der Waals surface area contributed by atoms with Crippen LogP contribution < -0.4 is 5.32 Å². The number of piperazine rings is 1. The standard InChI is InChI=1S/C15H26N4/c1-12(11-19-8-6-16-7-9-19)15-17-10-14(18-15)13-4-2-3-5-13/h10,12-13,16H,2-9,11H2,1H3,(H,17,18). The molecule has 2 N–H and O–H groups in total. The molecule has 0 amide bonds. The smallest absolute Gasteiger partial charge is 0.110 e. The average molecular weight is 262 g/mol. The molecule has 1 aromatic rings. The third-order valence-electron chi connectivity index (χ3n) is 4.62. The molecule has 0 spiro atoms. The Hall–Kier alpha value is -0.870. The van der Waals surface area contributed by atoms with Crippen LogP contribution in [0.4, 0.5) is 0 Å². The van der Waals surface area contributed by atoms with E-state index in [1.54, 1.807) is 0 Å². The van der Waals surface area contributed by atoms with Crippen molar-refractivity contribution in [2.75, 3.05) is 32.7 Å². The second kappa shape index (κ2) is 6.06.